The summed E-state index contributed by atoms with van der Waals surface area (Å²) < 4.78 is 0. The lowest BCUT2D eigenvalue weighted by molar-refractivity contribution is 0.0902. The number of hydrogen-bond acceptors (Lipinski definition) is 5. The van der Waals surface area contributed by atoms with Gasteiger partial charge in [-0.3, -0.25) is 9.59 Å². The Bertz CT molecular complexity index is 725. The largest absolute Gasteiger partial charge is 0.352 e. The molecule has 3 aliphatic heterocycles. The molecule has 1 aromatic rings. The minimum Gasteiger partial charge on any atom is -0.352 e. The van der Waals surface area contributed by atoms with Crippen LogP contribution in [0.15, 0.2) is 23.1 Å². The summed E-state index contributed by atoms with van der Waals surface area (Å²) >= 11 is 1.63. The van der Waals surface area contributed by atoms with E-state index in [-0.39, 0.29) is 11.7 Å². The molecule has 3 heterocycles. The van der Waals surface area contributed by atoms with Crippen molar-refractivity contribution in [2.75, 3.05) is 45.0 Å². The zero-order valence-electron chi connectivity index (χ0n) is 17.3. The molecular weight excluding hydrogens is 382 g/mol. The number of benzene rings is 1. The van der Waals surface area contributed by atoms with Crippen LogP contribution in [0.4, 0.5) is 0 Å². The maximum Gasteiger partial charge on any atom is 0.252 e. The molecule has 1 aromatic carbocycles. The number of carbonyl (C=O) groups excluding carboxylic acids is 2. The first-order valence-electron chi connectivity index (χ1n) is 11.3. The number of ketones is 1. The van der Waals surface area contributed by atoms with E-state index in [4.69, 9.17) is 0 Å². The zero-order chi connectivity index (χ0) is 20.1. The van der Waals surface area contributed by atoms with Gasteiger partial charge in [-0.1, -0.05) is 18.6 Å². The number of fused-ring (bicyclic) bond motifs is 1. The highest BCUT2D eigenvalue weighted by Gasteiger charge is 2.25. The molecule has 1 amide bonds. The van der Waals surface area contributed by atoms with Crippen LogP contribution in [-0.4, -0.2) is 72.6 Å². The molecule has 0 radical (unpaired) electrons. The van der Waals surface area contributed by atoms with Gasteiger partial charge in [0, 0.05) is 35.2 Å². The smallest absolute Gasteiger partial charge is 0.252 e. The number of Topliss-reactive ketones (excluding diaryl/α,β-unsaturated/α-hetero) is 1. The van der Waals surface area contributed by atoms with Crippen LogP contribution in [0.2, 0.25) is 0 Å². The van der Waals surface area contributed by atoms with Gasteiger partial charge in [0.15, 0.2) is 5.78 Å². The Morgan fingerprint density at radius 1 is 1.10 bits per heavy atom. The number of nitrogens with zero attached hydrogens (tertiary/aromatic N) is 2. The van der Waals surface area contributed by atoms with Gasteiger partial charge in [0.2, 0.25) is 0 Å². The van der Waals surface area contributed by atoms with Crippen LogP contribution >= 0.6 is 11.8 Å². The molecule has 2 fully saturated rings. The SMILES string of the molecule is O=C1CCSc2c1cccc2C(=O)NCCCN1CCC(N2CCCCC2)CC1. The lowest BCUT2D eigenvalue weighted by atomic mass is 10.00. The van der Waals surface area contributed by atoms with E-state index in [0.717, 1.165) is 29.7 Å². The van der Waals surface area contributed by atoms with E-state index in [2.05, 4.69) is 15.1 Å². The Balaban J connectivity index is 1.18. The second-order valence-corrected chi connectivity index (χ2v) is 9.59. The van der Waals surface area contributed by atoms with E-state index in [1.165, 1.54) is 58.3 Å². The third-order valence-electron chi connectivity index (χ3n) is 6.54. The van der Waals surface area contributed by atoms with Crippen LogP contribution < -0.4 is 5.32 Å². The molecule has 29 heavy (non-hydrogen) atoms. The highest BCUT2D eigenvalue weighted by molar-refractivity contribution is 7.99. The van der Waals surface area contributed by atoms with Crippen LogP contribution in [0.1, 0.15) is 65.7 Å². The summed E-state index contributed by atoms with van der Waals surface area (Å²) in [5.41, 5.74) is 1.37. The van der Waals surface area contributed by atoms with E-state index < -0.39 is 0 Å². The number of carbonyl (C=O) groups is 2. The van der Waals surface area contributed by atoms with Gasteiger partial charge in [0.25, 0.3) is 5.91 Å². The van der Waals surface area contributed by atoms with Gasteiger partial charge in [-0.25, -0.2) is 0 Å². The normalized spacial score (nSPS) is 21.7. The molecule has 0 bridgehead atoms. The van der Waals surface area contributed by atoms with Gasteiger partial charge >= 0.3 is 0 Å². The number of hydrogen-bond donors (Lipinski definition) is 1. The Morgan fingerprint density at radius 2 is 1.90 bits per heavy atom. The summed E-state index contributed by atoms with van der Waals surface area (Å²) in [6.45, 7) is 6.69. The Morgan fingerprint density at radius 3 is 2.69 bits per heavy atom. The van der Waals surface area contributed by atoms with Crippen LogP contribution in [0.5, 0.6) is 0 Å². The summed E-state index contributed by atoms with van der Waals surface area (Å²) in [6.07, 6.45) is 8.26. The molecule has 6 heteroatoms. The van der Waals surface area contributed by atoms with E-state index in [1.54, 1.807) is 11.8 Å². The van der Waals surface area contributed by atoms with Crippen molar-refractivity contribution in [2.45, 2.75) is 55.9 Å². The predicted octanol–water partition coefficient (Wildman–Crippen LogP) is 3.44. The maximum atomic E-state index is 12.6. The van der Waals surface area contributed by atoms with Crippen LogP contribution in [0.3, 0.4) is 0 Å². The minimum absolute atomic E-state index is 0.0483. The summed E-state index contributed by atoms with van der Waals surface area (Å²) in [6, 6.07) is 6.29. The molecule has 0 aromatic heterocycles. The fourth-order valence-electron chi connectivity index (χ4n) is 4.86. The van der Waals surface area contributed by atoms with Gasteiger partial charge in [-0.2, -0.15) is 0 Å². The maximum absolute atomic E-state index is 12.6. The summed E-state index contributed by atoms with van der Waals surface area (Å²) in [7, 11) is 0. The monoisotopic (exact) mass is 415 g/mol. The molecule has 3 aliphatic rings. The van der Waals surface area contributed by atoms with Crippen molar-refractivity contribution >= 4 is 23.5 Å². The number of piperidine rings is 2. The van der Waals surface area contributed by atoms with E-state index in [1.807, 2.05) is 18.2 Å². The fraction of sp³-hybridized carbons (Fsp3) is 0.652. The zero-order valence-corrected chi connectivity index (χ0v) is 18.1. The number of thioether (sulfide) groups is 1. The van der Waals surface area contributed by atoms with Crippen molar-refractivity contribution in [1.82, 2.24) is 15.1 Å². The summed E-state index contributed by atoms with van der Waals surface area (Å²) in [5, 5.41) is 3.07. The van der Waals surface area contributed by atoms with Crippen LogP contribution in [0, 0.1) is 0 Å². The molecule has 5 nitrogen and oxygen atoms in total. The summed E-state index contributed by atoms with van der Waals surface area (Å²) in [5.74, 6) is 0.873. The first-order valence-corrected chi connectivity index (χ1v) is 12.2. The van der Waals surface area contributed by atoms with Crippen LogP contribution in [0.25, 0.3) is 0 Å². The van der Waals surface area contributed by atoms with Crippen molar-refractivity contribution in [3.8, 4) is 0 Å². The lowest BCUT2D eigenvalue weighted by Crippen LogP contribution is -2.47. The van der Waals surface area contributed by atoms with E-state index in [0.29, 0.717) is 24.1 Å². The Labute approximate surface area is 178 Å². The van der Waals surface area contributed by atoms with Gasteiger partial charge in [0.1, 0.15) is 0 Å². The molecule has 0 spiro atoms. The topological polar surface area (TPSA) is 52.7 Å². The average Bonchev–Trinajstić information content (AvgIpc) is 2.77. The quantitative estimate of drug-likeness (QED) is 0.722. The number of likely N-dealkylation sites (tertiary alicyclic amines) is 2. The average molecular weight is 416 g/mol. The number of rotatable bonds is 6. The second-order valence-electron chi connectivity index (χ2n) is 8.48. The van der Waals surface area contributed by atoms with E-state index in [9.17, 15) is 9.59 Å². The van der Waals surface area contributed by atoms with Gasteiger partial charge in [0.05, 0.1) is 5.56 Å². The van der Waals surface area contributed by atoms with Gasteiger partial charge in [-0.05, 0) is 70.9 Å². The van der Waals surface area contributed by atoms with Crippen molar-refractivity contribution in [2.24, 2.45) is 0 Å². The van der Waals surface area contributed by atoms with E-state index >= 15 is 0 Å². The molecule has 4 rings (SSSR count). The molecule has 2 saturated heterocycles. The first-order chi connectivity index (χ1) is 14.2. The standard InChI is InChI=1S/C23H33N3O2S/c27-21-10-17-29-22-19(21)6-4-7-20(22)23(28)24-11-5-12-25-15-8-18(9-16-25)26-13-2-1-3-14-26/h4,6-7,18H,1-3,5,8-17H2,(H,24,28). The molecule has 0 unspecified atom stereocenters. The fourth-order valence-corrected chi connectivity index (χ4v) is 6.01. The third-order valence-corrected chi connectivity index (χ3v) is 7.67. The lowest BCUT2D eigenvalue weighted by Gasteiger charge is -2.40. The molecule has 0 saturated carbocycles. The van der Waals surface area contributed by atoms with Gasteiger partial charge < -0.3 is 15.1 Å². The second kappa shape index (κ2) is 10.1. The van der Waals surface area contributed by atoms with Crippen molar-refractivity contribution in [1.29, 1.82) is 0 Å². The van der Waals surface area contributed by atoms with Crippen molar-refractivity contribution < 1.29 is 9.59 Å². The van der Waals surface area contributed by atoms with Gasteiger partial charge in [-0.15, -0.1) is 11.8 Å². The first kappa shape index (κ1) is 20.9. The Hall–Kier alpha value is -1.37. The minimum atomic E-state index is -0.0483. The third kappa shape index (κ3) is 5.22. The molecule has 1 N–H and O–H groups in total. The van der Waals surface area contributed by atoms with Crippen molar-refractivity contribution in [3.63, 3.8) is 0 Å². The van der Waals surface area contributed by atoms with Crippen LogP contribution in [-0.2, 0) is 0 Å². The highest BCUT2D eigenvalue weighted by atomic mass is 32.2. The number of amides is 1. The number of nitrogens with one attached hydrogen (secondary N) is 1. The van der Waals surface area contributed by atoms with Crippen molar-refractivity contribution in [3.05, 3.63) is 29.3 Å². The molecular formula is C23H33N3O2S. The molecule has 0 aliphatic carbocycles. The highest BCUT2D eigenvalue weighted by Crippen LogP contribution is 2.33. The molecule has 0 atom stereocenters. The Kier molecular flexibility index (Phi) is 7.27. The predicted molar refractivity (Wildman–Crippen MR) is 118 cm³/mol. The summed E-state index contributed by atoms with van der Waals surface area (Å²) in [4.78, 5) is 30.8. The molecule has 158 valence electrons.